The highest BCUT2D eigenvalue weighted by Crippen LogP contribution is 2.33. The van der Waals surface area contributed by atoms with E-state index in [0.717, 1.165) is 57.3 Å². The number of carbonyl (C=O) groups excluding carboxylic acids is 1. The molecule has 3 N–H and O–H groups in total. The number of halogens is 1. The molecule has 0 saturated heterocycles. The van der Waals surface area contributed by atoms with Gasteiger partial charge in [0.15, 0.2) is 11.5 Å². The maximum Gasteiger partial charge on any atom is 0.227 e. The molecule has 37 heavy (non-hydrogen) atoms. The second-order valence-corrected chi connectivity index (χ2v) is 9.52. The van der Waals surface area contributed by atoms with Crippen LogP contribution < -0.4 is 5.32 Å². The van der Waals surface area contributed by atoms with Gasteiger partial charge < -0.3 is 10.3 Å². The number of nitrogens with one attached hydrogen (secondary N) is 3. The Morgan fingerprint density at radius 3 is 2.86 bits per heavy atom. The number of fused-ring (bicyclic) bond motifs is 2. The molecule has 0 spiro atoms. The smallest absolute Gasteiger partial charge is 0.227 e. The minimum atomic E-state index is -0.292. The first-order chi connectivity index (χ1) is 18.1. The average Bonchev–Trinajstić information content (AvgIpc) is 3.55. The van der Waals surface area contributed by atoms with Gasteiger partial charge in [0.2, 0.25) is 5.91 Å². The van der Waals surface area contributed by atoms with Crippen LogP contribution in [0.5, 0.6) is 0 Å². The first-order valence-corrected chi connectivity index (χ1v) is 12.2. The van der Waals surface area contributed by atoms with Crippen molar-refractivity contribution in [3.63, 3.8) is 0 Å². The number of rotatable bonds is 5. The van der Waals surface area contributed by atoms with Crippen molar-refractivity contribution in [2.24, 2.45) is 10.9 Å². The number of amides is 1. The van der Waals surface area contributed by atoms with E-state index < -0.39 is 0 Å². The Bertz CT molecular complexity index is 1740. The van der Waals surface area contributed by atoms with Crippen molar-refractivity contribution in [1.29, 1.82) is 0 Å². The quantitative estimate of drug-likeness (QED) is 0.325. The number of aromatic nitrogens is 5. The summed E-state index contributed by atoms with van der Waals surface area (Å²) in [7, 11) is 0. The SMILES string of the molecule is O=C(NC1=CC(c2cnc3n[nH]c(-c4nc5c(-c6cccc(F)c6)cccc5[nH]4)c3c2)CN=C1)C1CC1. The van der Waals surface area contributed by atoms with E-state index in [0.29, 0.717) is 18.0 Å². The van der Waals surface area contributed by atoms with Crippen LogP contribution in [0.3, 0.4) is 0 Å². The highest BCUT2D eigenvalue weighted by Gasteiger charge is 2.30. The summed E-state index contributed by atoms with van der Waals surface area (Å²) in [5.41, 5.74) is 6.18. The van der Waals surface area contributed by atoms with Gasteiger partial charge in [-0.05, 0) is 54.3 Å². The highest BCUT2D eigenvalue weighted by molar-refractivity contribution is 5.96. The zero-order valence-electron chi connectivity index (χ0n) is 19.7. The van der Waals surface area contributed by atoms with Gasteiger partial charge in [-0.2, -0.15) is 5.10 Å². The topological polar surface area (TPSA) is 112 Å². The van der Waals surface area contributed by atoms with Gasteiger partial charge in [0.05, 0.1) is 22.1 Å². The molecule has 2 aromatic carbocycles. The summed E-state index contributed by atoms with van der Waals surface area (Å²) >= 11 is 0. The van der Waals surface area contributed by atoms with Crippen LogP contribution in [-0.4, -0.2) is 43.8 Å². The fourth-order valence-corrected chi connectivity index (χ4v) is 4.78. The predicted octanol–water partition coefficient (Wildman–Crippen LogP) is 4.89. The van der Waals surface area contributed by atoms with Crippen molar-refractivity contribution >= 4 is 34.2 Å². The molecule has 1 aliphatic heterocycles. The maximum atomic E-state index is 13.9. The molecule has 8 nitrogen and oxygen atoms in total. The lowest BCUT2D eigenvalue weighted by Gasteiger charge is -2.17. The molecule has 0 bridgehead atoms. The first kappa shape index (κ1) is 21.6. The van der Waals surface area contributed by atoms with Crippen LogP contribution in [0, 0.1) is 11.7 Å². The number of para-hydroxylation sites is 1. The minimum Gasteiger partial charge on any atom is -0.337 e. The number of allylic oxidation sites excluding steroid dienone is 1. The Morgan fingerprint density at radius 2 is 2.00 bits per heavy atom. The average molecular weight is 492 g/mol. The number of hydrogen-bond acceptors (Lipinski definition) is 5. The van der Waals surface area contributed by atoms with Crippen LogP contribution in [0.25, 0.3) is 44.7 Å². The van der Waals surface area contributed by atoms with E-state index in [1.54, 1.807) is 18.5 Å². The van der Waals surface area contributed by atoms with E-state index in [1.807, 2.05) is 36.4 Å². The van der Waals surface area contributed by atoms with Gasteiger partial charge in [0.25, 0.3) is 0 Å². The van der Waals surface area contributed by atoms with Crippen LogP contribution in [0.2, 0.25) is 0 Å². The molecule has 5 aromatic rings. The van der Waals surface area contributed by atoms with Crippen molar-refractivity contribution in [3.8, 4) is 22.6 Å². The molecule has 1 atom stereocenters. The zero-order valence-corrected chi connectivity index (χ0v) is 19.7. The Hall–Kier alpha value is -4.66. The molecule has 1 unspecified atom stereocenters. The second-order valence-electron chi connectivity index (χ2n) is 9.52. The van der Waals surface area contributed by atoms with Crippen molar-refractivity contribution in [1.82, 2.24) is 30.5 Å². The van der Waals surface area contributed by atoms with Crippen LogP contribution >= 0.6 is 0 Å². The number of pyridine rings is 1. The fraction of sp³-hybridized carbons (Fsp3) is 0.179. The fourth-order valence-electron chi connectivity index (χ4n) is 4.78. The molecule has 9 heteroatoms. The van der Waals surface area contributed by atoms with Crippen molar-refractivity contribution in [3.05, 3.63) is 77.9 Å². The highest BCUT2D eigenvalue weighted by atomic mass is 19.1. The van der Waals surface area contributed by atoms with Crippen molar-refractivity contribution in [2.75, 3.05) is 6.54 Å². The van der Waals surface area contributed by atoms with Gasteiger partial charge in [-0.15, -0.1) is 0 Å². The van der Waals surface area contributed by atoms with Gasteiger partial charge in [-0.25, -0.2) is 14.4 Å². The van der Waals surface area contributed by atoms with Crippen LogP contribution in [0.1, 0.15) is 24.3 Å². The molecular formula is C28H22FN7O. The Kier molecular flexibility index (Phi) is 4.95. The number of dihydropyridines is 1. The van der Waals surface area contributed by atoms with Crippen LogP contribution in [-0.2, 0) is 4.79 Å². The predicted molar refractivity (Wildman–Crippen MR) is 139 cm³/mol. The third kappa shape index (κ3) is 3.98. The van der Waals surface area contributed by atoms with Gasteiger partial charge in [0, 0.05) is 36.4 Å². The van der Waals surface area contributed by atoms with E-state index in [9.17, 15) is 9.18 Å². The molecule has 182 valence electrons. The molecule has 1 amide bonds. The number of benzene rings is 2. The summed E-state index contributed by atoms with van der Waals surface area (Å²) < 4.78 is 13.9. The van der Waals surface area contributed by atoms with E-state index in [2.05, 4.69) is 30.5 Å². The minimum absolute atomic E-state index is 0.0191. The van der Waals surface area contributed by atoms with E-state index in [-0.39, 0.29) is 23.6 Å². The second kappa shape index (κ2) is 8.48. The number of aromatic amines is 2. The Labute approximate surface area is 210 Å². The number of nitrogens with zero attached hydrogens (tertiary/aromatic N) is 4. The normalized spacial score (nSPS) is 17.3. The van der Waals surface area contributed by atoms with Gasteiger partial charge in [-0.3, -0.25) is 14.9 Å². The van der Waals surface area contributed by atoms with E-state index in [4.69, 9.17) is 4.98 Å². The maximum absolute atomic E-state index is 13.9. The van der Waals surface area contributed by atoms with Crippen molar-refractivity contribution in [2.45, 2.75) is 18.8 Å². The zero-order chi connectivity index (χ0) is 24.9. The summed E-state index contributed by atoms with van der Waals surface area (Å²) in [4.78, 5) is 29.5. The summed E-state index contributed by atoms with van der Waals surface area (Å²) in [6.07, 6.45) is 7.46. The first-order valence-electron chi connectivity index (χ1n) is 12.2. The molecule has 7 rings (SSSR count). The third-order valence-corrected chi connectivity index (χ3v) is 6.87. The molecule has 1 aliphatic carbocycles. The van der Waals surface area contributed by atoms with E-state index in [1.165, 1.54) is 12.1 Å². The summed E-state index contributed by atoms with van der Waals surface area (Å²) in [6, 6.07) is 14.3. The van der Waals surface area contributed by atoms with Gasteiger partial charge in [0.1, 0.15) is 11.5 Å². The third-order valence-electron chi connectivity index (χ3n) is 6.87. The van der Waals surface area contributed by atoms with Gasteiger partial charge >= 0.3 is 0 Å². The molecule has 3 aromatic heterocycles. The number of carbonyl (C=O) groups is 1. The molecule has 1 saturated carbocycles. The monoisotopic (exact) mass is 491 g/mol. The lowest BCUT2D eigenvalue weighted by Crippen LogP contribution is -2.27. The molecule has 0 radical (unpaired) electrons. The lowest BCUT2D eigenvalue weighted by molar-refractivity contribution is -0.121. The summed E-state index contributed by atoms with van der Waals surface area (Å²) in [5.74, 6) is 0.502. The van der Waals surface area contributed by atoms with Crippen LogP contribution in [0.4, 0.5) is 4.39 Å². The molecule has 4 heterocycles. The Morgan fingerprint density at radius 1 is 1.11 bits per heavy atom. The standard InChI is InChI=1S/C28H22FN7O/c29-19-4-1-3-16(9-19)21-5-2-6-23-24(21)34-27(33-23)25-22-11-18(13-31-26(22)36-35-25)17-10-20(14-30-12-17)32-28(37)15-7-8-15/h1-6,9-11,13-15,17H,7-8,12H2,(H,32,37)(H,33,34)(H,31,35,36). The number of H-pyrrole nitrogens is 2. The van der Waals surface area contributed by atoms with Gasteiger partial charge in [-0.1, -0.05) is 24.3 Å². The number of aliphatic imine (C=N–C) groups is 1. The van der Waals surface area contributed by atoms with Crippen molar-refractivity contribution < 1.29 is 9.18 Å². The lowest BCUT2D eigenvalue weighted by atomic mass is 9.97. The number of imidazole rings is 1. The van der Waals surface area contributed by atoms with Crippen LogP contribution in [0.15, 0.2) is 71.5 Å². The Balaban J connectivity index is 1.25. The summed E-state index contributed by atoms with van der Waals surface area (Å²) in [5, 5.41) is 11.3. The molecule has 2 aliphatic rings. The van der Waals surface area contributed by atoms with E-state index >= 15 is 0 Å². The summed E-state index contributed by atoms with van der Waals surface area (Å²) in [6.45, 7) is 0.574. The molecule has 1 fully saturated rings. The number of hydrogen-bond donors (Lipinski definition) is 3. The largest absolute Gasteiger partial charge is 0.337 e. The molecular weight excluding hydrogens is 469 g/mol.